The first-order valence-corrected chi connectivity index (χ1v) is 12.4. The molecule has 1 saturated heterocycles. The predicted octanol–water partition coefficient (Wildman–Crippen LogP) is 3.38. The van der Waals surface area contributed by atoms with Crippen molar-refractivity contribution >= 4 is 22.7 Å². The van der Waals surface area contributed by atoms with Crippen molar-refractivity contribution in [2.24, 2.45) is 11.8 Å². The van der Waals surface area contributed by atoms with E-state index in [-0.39, 0.29) is 35.7 Å². The molecule has 0 bridgehead atoms. The van der Waals surface area contributed by atoms with E-state index in [2.05, 4.69) is 44.9 Å². The number of piperidine rings is 1. The van der Waals surface area contributed by atoms with Crippen LogP contribution in [0.5, 0.6) is 0 Å². The second-order valence-corrected chi connectivity index (χ2v) is 9.87. The molecule has 2 amide bonds. The van der Waals surface area contributed by atoms with Gasteiger partial charge in [-0.2, -0.15) is 0 Å². The number of ether oxygens (including phenoxy) is 1. The molecule has 4 rings (SSSR count). The molecule has 1 aliphatic heterocycles. The van der Waals surface area contributed by atoms with Crippen molar-refractivity contribution in [2.75, 3.05) is 26.8 Å². The van der Waals surface area contributed by atoms with Crippen molar-refractivity contribution in [3.63, 3.8) is 0 Å². The lowest BCUT2D eigenvalue weighted by molar-refractivity contribution is -0.140. The van der Waals surface area contributed by atoms with Gasteiger partial charge in [-0.15, -0.1) is 0 Å². The van der Waals surface area contributed by atoms with Gasteiger partial charge in [-0.05, 0) is 43.7 Å². The van der Waals surface area contributed by atoms with Crippen LogP contribution in [0.2, 0.25) is 0 Å². The fraction of sp³-hybridized carbons (Fsp3) is 0.615. The van der Waals surface area contributed by atoms with Crippen molar-refractivity contribution in [3.05, 3.63) is 36.0 Å². The number of hydrogen-bond donors (Lipinski definition) is 3. The zero-order valence-corrected chi connectivity index (χ0v) is 20.1. The highest BCUT2D eigenvalue weighted by Crippen LogP contribution is 2.40. The average molecular weight is 455 g/mol. The van der Waals surface area contributed by atoms with Crippen LogP contribution in [-0.4, -0.2) is 60.6 Å². The summed E-state index contributed by atoms with van der Waals surface area (Å²) in [5, 5.41) is 7.69. The van der Waals surface area contributed by atoms with Crippen molar-refractivity contribution in [1.29, 1.82) is 0 Å². The van der Waals surface area contributed by atoms with Gasteiger partial charge in [-0.1, -0.05) is 32.0 Å². The predicted molar refractivity (Wildman–Crippen MR) is 130 cm³/mol. The SMILES string of the molecule is COCCCC(c1c[nH]c2ccccc12)N(C(=O)[C@@H]1CNC[C@@H](NC(=O)C(C)C)C1)C1CC1. The summed E-state index contributed by atoms with van der Waals surface area (Å²) in [6, 6.07) is 8.62. The number of amides is 2. The minimum Gasteiger partial charge on any atom is -0.385 e. The minimum absolute atomic E-state index is 0.0105. The van der Waals surface area contributed by atoms with Crippen molar-refractivity contribution in [3.8, 4) is 0 Å². The number of carbonyl (C=O) groups excluding carboxylic acids is 2. The summed E-state index contributed by atoms with van der Waals surface area (Å²) in [7, 11) is 1.73. The lowest BCUT2D eigenvalue weighted by Gasteiger charge is -2.38. The van der Waals surface area contributed by atoms with Gasteiger partial charge in [0.25, 0.3) is 0 Å². The molecule has 1 aliphatic carbocycles. The van der Waals surface area contributed by atoms with E-state index in [0.29, 0.717) is 32.2 Å². The Balaban J connectivity index is 1.57. The number of benzene rings is 1. The molecule has 0 spiro atoms. The Morgan fingerprint density at radius 3 is 2.73 bits per heavy atom. The first kappa shape index (κ1) is 23.8. The van der Waals surface area contributed by atoms with Crippen molar-refractivity contribution in [2.45, 2.75) is 64.1 Å². The van der Waals surface area contributed by atoms with Gasteiger partial charge in [0, 0.05) is 61.9 Å². The van der Waals surface area contributed by atoms with Gasteiger partial charge >= 0.3 is 0 Å². The number of fused-ring (bicyclic) bond motifs is 1. The fourth-order valence-electron chi connectivity index (χ4n) is 4.99. The van der Waals surface area contributed by atoms with Gasteiger partial charge in [-0.25, -0.2) is 0 Å². The van der Waals surface area contributed by atoms with Gasteiger partial charge in [-0.3, -0.25) is 9.59 Å². The molecule has 180 valence electrons. The Bertz CT molecular complexity index is 952. The van der Waals surface area contributed by atoms with Gasteiger partial charge in [0.05, 0.1) is 12.0 Å². The molecular formula is C26H38N4O3. The number of hydrogen-bond acceptors (Lipinski definition) is 4. The van der Waals surface area contributed by atoms with Crippen LogP contribution >= 0.6 is 0 Å². The normalized spacial score (nSPS) is 21.8. The second-order valence-electron chi connectivity index (χ2n) is 9.87. The number of methoxy groups -OCH3 is 1. The number of carbonyl (C=O) groups is 2. The molecule has 3 atom stereocenters. The molecule has 2 aromatic rings. The van der Waals surface area contributed by atoms with Crippen LogP contribution < -0.4 is 10.6 Å². The molecule has 7 nitrogen and oxygen atoms in total. The minimum atomic E-state index is -0.132. The maximum Gasteiger partial charge on any atom is 0.227 e. The molecule has 3 N–H and O–H groups in total. The molecule has 2 aliphatic rings. The molecule has 7 heteroatoms. The van der Waals surface area contributed by atoms with E-state index in [1.165, 1.54) is 10.9 Å². The number of para-hydroxylation sites is 1. The van der Waals surface area contributed by atoms with Gasteiger partial charge in [0.15, 0.2) is 0 Å². The number of aromatic amines is 1. The van der Waals surface area contributed by atoms with Gasteiger partial charge < -0.3 is 25.3 Å². The summed E-state index contributed by atoms with van der Waals surface area (Å²) in [6.45, 7) is 5.85. The highest BCUT2D eigenvalue weighted by Gasteiger charge is 2.42. The van der Waals surface area contributed by atoms with Crippen LogP contribution in [0.4, 0.5) is 0 Å². The summed E-state index contributed by atoms with van der Waals surface area (Å²) in [6.07, 6.45) is 6.64. The van der Waals surface area contributed by atoms with Gasteiger partial charge in [0.1, 0.15) is 0 Å². The highest BCUT2D eigenvalue weighted by molar-refractivity contribution is 5.86. The molecule has 1 saturated carbocycles. The van der Waals surface area contributed by atoms with Crippen molar-refractivity contribution in [1.82, 2.24) is 20.5 Å². The summed E-state index contributed by atoms with van der Waals surface area (Å²) in [5.41, 5.74) is 2.29. The second kappa shape index (κ2) is 10.7. The molecule has 2 heterocycles. The summed E-state index contributed by atoms with van der Waals surface area (Å²) < 4.78 is 5.34. The molecule has 0 radical (unpaired) electrons. The van der Waals surface area contributed by atoms with Crippen LogP contribution in [0.25, 0.3) is 10.9 Å². The summed E-state index contributed by atoms with van der Waals surface area (Å²) in [5.74, 6) is 0.0643. The topological polar surface area (TPSA) is 86.5 Å². The van der Waals surface area contributed by atoms with Crippen LogP contribution in [0, 0.1) is 11.8 Å². The Kier molecular flexibility index (Phi) is 7.71. The van der Waals surface area contributed by atoms with Crippen LogP contribution in [0.3, 0.4) is 0 Å². The zero-order chi connectivity index (χ0) is 23.4. The molecule has 2 fully saturated rings. The largest absolute Gasteiger partial charge is 0.385 e. The van der Waals surface area contributed by atoms with E-state index in [1.807, 2.05) is 19.9 Å². The van der Waals surface area contributed by atoms with E-state index in [9.17, 15) is 9.59 Å². The Hall–Kier alpha value is -2.38. The third-order valence-corrected chi connectivity index (χ3v) is 6.91. The summed E-state index contributed by atoms with van der Waals surface area (Å²) in [4.78, 5) is 31.8. The molecule has 1 aromatic carbocycles. The lowest BCUT2D eigenvalue weighted by Crippen LogP contribution is -2.54. The lowest BCUT2D eigenvalue weighted by atomic mass is 9.91. The van der Waals surface area contributed by atoms with Crippen LogP contribution in [0.15, 0.2) is 30.5 Å². The number of H-pyrrole nitrogens is 1. The van der Waals surface area contributed by atoms with Crippen LogP contribution in [-0.2, 0) is 14.3 Å². The van der Waals surface area contributed by atoms with E-state index >= 15 is 0 Å². The number of aromatic nitrogens is 1. The van der Waals surface area contributed by atoms with E-state index in [1.54, 1.807) is 7.11 Å². The molecule has 33 heavy (non-hydrogen) atoms. The van der Waals surface area contributed by atoms with E-state index in [4.69, 9.17) is 4.74 Å². The Morgan fingerprint density at radius 2 is 2.00 bits per heavy atom. The van der Waals surface area contributed by atoms with Gasteiger partial charge in [0.2, 0.25) is 11.8 Å². The van der Waals surface area contributed by atoms with Crippen LogP contribution in [0.1, 0.15) is 57.6 Å². The monoisotopic (exact) mass is 454 g/mol. The van der Waals surface area contributed by atoms with E-state index < -0.39 is 0 Å². The third-order valence-electron chi connectivity index (χ3n) is 6.91. The highest BCUT2D eigenvalue weighted by atomic mass is 16.5. The Morgan fingerprint density at radius 1 is 1.21 bits per heavy atom. The number of nitrogens with one attached hydrogen (secondary N) is 3. The smallest absolute Gasteiger partial charge is 0.227 e. The number of rotatable bonds is 10. The molecular weight excluding hydrogens is 416 g/mol. The van der Waals surface area contributed by atoms with E-state index in [0.717, 1.165) is 31.2 Å². The fourth-order valence-corrected chi connectivity index (χ4v) is 4.99. The molecule has 1 unspecified atom stereocenters. The van der Waals surface area contributed by atoms with Crippen molar-refractivity contribution < 1.29 is 14.3 Å². The Labute approximate surface area is 196 Å². The first-order chi connectivity index (χ1) is 16.0. The molecule has 1 aromatic heterocycles. The first-order valence-electron chi connectivity index (χ1n) is 12.4. The number of nitrogens with zero attached hydrogens (tertiary/aromatic N) is 1. The maximum absolute atomic E-state index is 14.0. The average Bonchev–Trinajstić information content (AvgIpc) is 3.56. The summed E-state index contributed by atoms with van der Waals surface area (Å²) >= 11 is 0. The maximum atomic E-state index is 14.0. The third kappa shape index (κ3) is 5.58. The quantitative estimate of drug-likeness (QED) is 0.481. The zero-order valence-electron chi connectivity index (χ0n) is 20.1. The standard InChI is InChI=1S/C26H38N4O3/c1-17(2)25(31)29-19-13-18(14-27-15-19)26(32)30(20-10-11-20)24(9-6-12-33-3)22-16-28-23-8-5-4-7-21(22)23/h4-5,7-8,16-20,24,27-28H,6,9-15H2,1-3H3,(H,29,31)/t18-,19-,24?/m0/s1.